The van der Waals surface area contributed by atoms with Crippen molar-refractivity contribution in [1.82, 2.24) is 5.01 Å². The third kappa shape index (κ3) is 3.26. The Morgan fingerprint density at radius 3 is 2.46 bits per heavy atom. The molecule has 0 saturated heterocycles. The standard InChI is InChI=1S/C18H14BrF3N2O2/c1-11-5-7-12(8-6-11)16(25)24-17(26,18(20,21)22)10-15(23-24)13-3-2-4-14(19)9-13/h2-9,26H,10H2,1H3/t17-/m0/s1. The monoisotopic (exact) mass is 426 g/mol. The average molecular weight is 427 g/mol. The highest BCUT2D eigenvalue weighted by atomic mass is 79.9. The molecule has 0 unspecified atom stereocenters. The summed E-state index contributed by atoms with van der Waals surface area (Å²) in [5.74, 6) is -1.02. The van der Waals surface area contributed by atoms with Gasteiger partial charge in [-0.15, -0.1) is 0 Å². The van der Waals surface area contributed by atoms with E-state index in [4.69, 9.17) is 0 Å². The molecular weight excluding hydrogens is 413 g/mol. The van der Waals surface area contributed by atoms with Crippen molar-refractivity contribution in [1.29, 1.82) is 0 Å². The van der Waals surface area contributed by atoms with Gasteiger partial charge in [0.1, 0.15) is 0 Å². The predicted octanol–water partition coefficient (Wildman–Crippen LogP) is 4.26. The molecule has 1 amide bonds. The van der Waals surface area contributed by atoms with Gasteiger partial charge in [-0.3, -0.25) is 4.79 Å². The summed E-state index contributed by atoms with van der Waals surface area (Å²) in [4.78, 5) is 12.6. The van der Waals surface area contributed by atoms with E-state index in [0.29, 0.717) is 10.0 Å². The number of benzene rings is 2. The highest BCUT2D eigenvalue weighted by molar-refractivity contribution is 9.10. The van der Waals surface area contributed by atoms with Crippen molar-refractivity contribution in [3.63, 3.8) is 0 Å². The number of amides is 1. The Morgan fingerprint density at radius 1 is 1.23 bits per heavy atom. The number of rotatable bonds is 2. The molecule has 136 valence electrons. The van der Waals surface area contributed by atoms with Gasteiger partial charge in [0.2, 0.25) is 0 Å². The zero-order chi connectivity index (χ0) is 19.1. The van der Waals surface area contributed by atoms with Crippen LogP contribution in [0.25, 0.3) is 0 Å². The van der Waals surface area contributed by atoms with Crippen LogP contribution >= 0.6 is 15.9 Å². The molecule has 0 aromatic heterocycles. The Kier molecular flexibility index (Phi) is 4.66. The molecule has 26 heavy (non-hydrogen) atoms. The van der Waals surface area contributed by atoms with E-state index in [1.165, 1.54) is 12.1 Å². The van der Waals surface area contributed by atoms with Crippen LogP contribution in [0.1, 0.15) is 27.9 Å². The van der Waals surface area contributed by atoms with Crippen molar-refractivity contribution in [2.45, 2.75) is 25.2 Å². The van der Waals surface area contributed by atoms with Gasteiger partial charge in [-0.2, -0.15) is 23.3 Å². The van der Waals surface area contributed by atoms with Gasteiger partial charge in [-0.25, -0.2) is 0 Å². The normalized spacial score (nSPS) is 20.2. The maximum Gasteiger partial charge on any atom is 0.438 e. The van der Waals surface area contributed by atoms with E-state index in [1.54, 1.807) is 43.3 Å². The quantitative estimate of drug-likeness (QED) is 0.779. The lowest BCUT2D eigenvalue weighted by Gasteiger charge is -2.32. The van der Waals surface area contributed by atoms with E-state index in [9.17, 15) is 23.1 Å². The van der Waals surface area contributed by atoms with Gasteiger partial charge in [0.15, 0.2) is 0 Å². The molecule has 0 saturated carbocycles. The number of carbonyl (C=O) groups excluding carboxylic acids is 1. The number of hydrazone groups is 1. The molecule has 0 fully saturated rings. The maximum atomic E-state index is 13.6. The lowest BCUT2D eigenvalue weighted by molar-refractivity contribution is -0.297. The van der Waals surface area contributed by atoms with E-state index in [1.807, 2.05) is 0 Å². The van der Waals surface area contributed by atoms with Gasteiger partial charge in [0.25, 0.3) is 11.6 Å². The summed E-state index contributed by atoms with van der Waals surface area (Å²) in [6, 6.07) is 12.5. The summed E-state index contributed by atoms with van der Waals surface area (Å²) in [7, 11) is 0. The Balaban J connectivity index is 2.05. The fraction of sp³-hybridized carbons (Fsp3) is 0.222. The number of aryl methyl sites for hydroxylation is 1. The summed E-state index contributed by atoms with van der Waals surface area (Å²) in [6.07, 6.45) is -5.91. The summed E-state index contributed by atoms with van der Waals surface area (Å²) < 4.78 is 41.4. The first-order valence-corrected chi connectivity index (χ1v) is 8.45. The number of hydrogen-bond donors (Lipinski definition) is 1. The Labute approximate surface area is 156 Å². The molecular formula is C18H14BrF3N2O2. The van der Waals surface area contributed by atoms with Crippen LogP contribution in [0, 0.1) is 6.92 Å². The minimum Gasteiger partial charge on any atom is -0.362 e. The van der Waals surface area contributed by atoms with E-state index < -0.39 is 24.2 Å². The molecule has 2 aromatic carbocycles. The minimum absolute atomic E-state index is 0.0116. The zero-order valence-corrected chi connectivity index (χ0v) is 15.2. The van der Waals surface area contributed by atoms with Crippen molar-refractivity contribution >= 4 is 27.5 Å². The van der Waals surface area contributed by atoms with Gasteiger partial charge in [0.05, 0.1) is 12.1 Å². The molecule has 1 atom stereocenters. The van der Waals surface area contributed by atoms with Gasteiger partial charge in [-0.1, -0.05) is 45.8 Å². The summed E-state index contributed by atoms with van der Waals surface area (Å²) in [5.41, 5.74) is -2.16. The number of hydrogen-bond acceptors (Lipinski definition) is 3. The molecule has 0 spiro atoms. The smallest absolute Gasteiger partial charge is 0.362 e. The maximum absolute atomic E-state index is 13.6. The molecule has 2 aromatic rings. The molecule has 0 aliphatic carbocycles. The summed E-state index contributed by atoms with van der Waals surface area (Å²) >= 11 is 3.24. The predicted molar refractivity (Wildman–Crippen MR) is 93.6 cm³/mol. The van der Waals surface area contributed by atoms with Crippen LogP contribution in [-0.4, -0.2) is 33.6 Å². The third-order valence-electron chi connectivity index (χ3n) is 4.09. The van der Waals surface area contributed by atoms with Crippen molar-refractivity contribution in [3.8, 4) is 0 Å². The van der Waals surface area contributed by atoms with Gasteiger partial charge < -0.3 is 5.11 Å². The summed E-state index contributed by atoms with van der Waals surface area (Å²) in [6.45, 7) is 1.79. The second-order valence-electron chi connectivity index (χ2n) is 6.03. The second-order valence-corrected chi connectivity index (χ2v) is 6.95. The van der Waals surface area contributed by atoms with Crippen LogP contribution in [0.2, 0.25) is 0 Å². The number of alkyl halides is 3. The fourth-order valence-electron chi connectivity index (χ4n) is 2.63. The van der Waals surface area contributed by atoms with E-state index in [0.717, 1.165) is 5.56 Å². The zero-order valence-electron chi connectivity index (χ0n) is 13.6. The Morgan fingerprint density at radius 2 is 1.88 bits per heavy atom. The fourth-order valence-corrected chi connectivity index (χ4v) is 3.03. The number of halogens is 4. The largest absolute Gasteiger partial charge is 0.438 e. The van der Waals surface area contributed by atoms with Gasteiger partial charge in [0, 0.05) is 10.0 Å². The van der Waals surface area contributed by atoms with E-state index >= 15 is 0 Å². The van der Waals surface area contributed by atoms with Crippen LogP contribution < -0.4 is 0 Å². The van der Waals surface area contributed by atoms with Crippen LogP contribution in [0.4, 0.5) is 13.2 Å². The van der Waals surface area contributed by atoms with Crippen LogP contribution in [-0.2, 0) is 0 Å². The second kappa shape index (κ2) is 6.51. The lowest BCUT2D eigenvalue weighted by Crippen LogP contribution is -2.56. The van der Waals surface area contributed by atoms with Gasteiger partial charge in [-0.05, 0) is 36.8 Å². The molecule has 1 aliphatic rings. The molecule has 3 rings (SSSR count). The number of carbonyl (C=O) groups is 1. The molecule has 4 nitrogen and oxygen atoms in total. The minimum atomic E-state index is -5.06. The Bertz CT molecular complexity index is 881. The third-order valence-corrected chi connectivity index (χ3v) is 4.58. The van der Waals surface area contributed by atoms with Crippen LogP contribution in [0.5, 0.6) is 0 Å². The van der Waals surface area contributed by atoms with E-state index in [2.05, 4.69) is 21.0 Å². The first-order chi connectivity index (χ1) is 12.1. The molecule has 0 bridgehead atoms. The first kappa shape index (κ1) is 18.6. The Hall–Kier alpha value is -2.19. The molecule has 0 radical (unpaired) electrons. The SMILES string of the molecule is Cc1ccc(C(=O)N2N=C(c3cccc(Br)c3)C[C@]2(O)C(F)(F)F)cc1. The van der Waals surface area contributed by atoms with Crippen molar-refractivity contribution in [2.24, 2.45) is 5.10 Å². The van der Waals surface area contributed by atoms with Crippen molar-refractivity contribution < 1.29 is 23.1 Å². The first-order valence-electron chi connectivity index (χ1n) is 7.65. The number of aliphatic hydroxyl groups is 1. The van der Waals surface area contributed by atoms with E-state index in [-0.39, 0.29) is 16.3 Å². The summed E-state index contributed by atoms with van der Waals surface area (Å²) in [5, 5.41) is 14.3. The van der Waals surface area contributed by atoms with Crippen molar-refractivity contribution in [2.75, 3.05) is 0 Å². The molecule has 1 heterocycles. The van der Waals surface area contributed by atoms with Crippen molar-refractivity contribution in [3.05, 3.63) is 69.7 Å². The molecule has 1 aliphatic heterocycles. The highest BCUT2D eigenvalue weighted by Crippen LogP contribution is 2.42. The molecule has 8 heteroatoms. The molecule has 1 N–H and O–H groups in total. The topological polar surface area (TPSA) is 52.9 Å². The van der Waals surface area contributed by atoms with Crippen LogP contribution in [0.3, 0.4) is 0 Å². The lowest BCUT2D eigenvalue weighted by atomic mass is 10.0. The van der Waals surface area contributed by atoms with Crippen LogP contribution in [0.15, 0.2) is 58.1 Å². The highest BCUT2D eigenvalue weighted by Gasteiger charge is 2.63. The number of nitrogens with zero attached hydrogens (tertiary/aromatic N) is 2. The average Bonchev–Trinajstić information content (AvgIpc) is 2.94. The van der Waals surface area contributed by atoms with Gasteiger partial charge >= 0.3 is 6.18 Å².